The van der Waals surface area contributed by atoms with Crippen LogP contribution in [0.1, 0.15) is 0 Å². The van der Waals surface area contributed by atoms with Crippen molar-refractivity contribution in [2.24, 2.45) is 5.14 Å². The molecule has 0 fully saturated rings. The van der Waals surface area contributed by atoms with Gasteiger partial charge in [0.15, 0.2) is 0 Å². The SMILES string of the molecule is NS(=O)(=O)CCOCCOc1cc(F)cc(F)c1. The van der Waals surface area contributed by atoms with E-state index in [0.29, 0.717) is 0 Å². The van der Waals surface area contributed by atoms with Crippen molar-refractivity contribution >= 4 is 10.0 Å². The first-order chi connectivity index (χ1) is 8.37. The Morgan fingerprint density at radius 2 is 1.67 bits per heavy atom. The van der Waals surface area contributed by atoms with Gasteiger partial charge in [0.05, 0.1) is 19.0 Å². The summed E-state index contributed by atoms with van der Waals surface area (Å²) in [5.74, 6) is -1.72. The van der Waals surface area contributed by atoms with Gasteiger partial charge in [-0.1, -0.05) is 0 Å². The second-order valence-electron chi connectivity index (χ2n) is 3.43. The van der Waals surface area contributed by atoms with Gasteiger partial charge in [0.1, 0.15) is 24.0 Å². The number of hydrogen-bond acceptors (Lipinski definition) is 4. The van der Waals surface area contributed by atoms with Crippen molar-refractivity contribution in [3.63, 3.8) is 0 Å². The molecular weight excluding hydrogens is 268 g/mol. The fraction of sp³-hybridized carbons (Fsp3) is 0.400. The number of primary sulfonamides is 1. The molecule has 2 N–H and O–H groups in total. The van der Waals surface area contributed by atoms with Gasteiger partial charge in [-0.2, -0.15) is 0 Å². The molecule has 1 aromatic rings. The van der Waals surface area contributed by atoms with Crippen LogP contribution in [-0.4, -0.2) is 34.0 Å². The van der Waals surface area contributed by atoms with Crippen LogP contribution in [0.15, 0.2) is 18.2 Å². The number of ether oxygens (including phenoxy) is 2. The average Bonchev–Trinajstić information content (AvgIpc) is 2.20. The van der Waals surface area contributed by atoms with E-state index < -0.39 is 21.7 Å². The molecule has 5 nitrogen and oxygen atoms in total. The van der Waals surface area contributed by atoms with E-state index in [1.165, 1.54) is 0 Å². The number of benzene rings is 1. The molecule has 18 heavy (non-hydrogen) atoms. The monoisotopic (exact) mass is 281 g/mol. The van der Waals surface area contributed by atoms with Crippen LogP contribution in [0.2, 0.25) is 0 Å². The Morgan fingerprint density at radius 3 is 2.22 bits per heavy atom. The topological polar surface area (TPSA) is 78.6 Å². The zero-order valence-electron chi connectivity index (χ0n) is 9.43. The maximum Gasteiger partial charge on any atom is 0.211 e. The third-order valence-corrected chi connectivity index (χ3v) is 2.58. The number of nitrogens with two attached hydrogens (primary N) is 1. The molecule has 0 unspecified atom stereocenters. The van der Waals surface area contributed by atoms with Gasteiger partial charge in [0, 0.05) is 18.2 Å². The van der Waals surface area contributed by atoms with Crippen molar-refractivity contribution in [2.75, 3.05) is 25.6 Å². The molecule has 1 rings (SSSR count). The van der Waals surface area contributed by atoms with Gasteiger partial charge in [0.2, 0.25) is 10.0 Å². The molecule has 8 heteroatoms. The van der Waals surface area contributed by atoms with Crippen molar-refractivity contribution < 1.29 is 26.7 Å². The van der Waals surface area contributed by atoms with Gasteiger partial charge < -0.3 is 9.47 Å². The highest BCUT2D eigenvalue weighted by atomic mass is 32.2. The standard InChI is InChI=1S/C10H13F2NO4S/c11-8-5-9(12)7-10(6-8)17-2-1-16-3-4-18(13,14)15/h5-7H,1-4H2,(H2,13,14,15). The lowest BCUT2D eigenvalue weighted by Gasteiger charge is -2.07. The lowest BCUT2D eigenvalue weighted by molar-refractivity contribution is 0.111. The van der Waals surface area contributed by atoms with E-state index >= 15 is 0 Å². The summed E-state index contributed by atoms with van der Waals surface area (Å²) >= 11 is 0. The Bertz CT molecular complexity index is 472. The van der Waals surface area contributed by atoms with Crippen LogP contribution in [0.4, 0.5) is 8.78 Å². The van der Waals surface area contributed by atoms with Crippen LogP contribution in [-0.2, 0) is 14.8 Å². The molecule has 0 aliphatic carbocycles. The van der Waals surface area contributed by atoms with E-state index in [0.717, 1.165) is 18.2 Å². The molecule has 0 radical (unpaired) electrons. The summed E-state index contributed by atoms with van der Waals surface area (Å²) in [4.78, 5) is 0. The van der Waals surface area contributed by atoms with Crippen molar-refractivity contribution in [3.05, 3.63) is 29.8 Å². The molecule has 0 saturated carbocycles. The quantitative estimate of drug-likeness (QED) is 0.744. The van der Waals surface area contributed by atoms with Gasteiger partial charge in [0.25, 0.3) is 0 Å². The van der Waals surface area contributed by atoms with Crippen LogP contribution >= 0.6 is 0 Å². The van der Waals surface area contributed by atoms with Crippen molar-refractivity contribution in [3.8, 4) is 5.75 Å². The second-order valence-corrected chi connectivity index (χ2v) is 5.17. The van der Waals surface area contributed by atoms with E-state index in [2.05, 4.69) is 0 Å². The van der Waals surface area contributed by atoms with Crippen LogP contribution < -0.4 is 9.88 Å². The maximum atomic E-state index is 12.8. The summed E-state index contributed by atoms with van der Waals surface area (Å²) in [7, 11) is -3.54. The van der Waals surface area contributed by atoms with Crippen molar-refractivity contribution in [1.82, 2.24) is 0 Å². The highest BCUT2D eigenvalue weighted by Gasteiger charge is 2.03. The first-order valence-corrected chi connectivity index (χ1v) is 6.75. The number of hydrogen-bond donors (Lipinski definition) is 1. The zero-order valence-corrected chi connectivity index (χ0v) is 10.3. The predicted molar refractivity (Wildman–Crippen MR) is 60.6 cm³/mol. The number of rotatable bonds is 7. The highest BCUT2D eigenvalue weighted by Crippen LogP contribution is 2.14. The lowest BCUT2D eigenvalue weighted by Crippen LogP contribution is -2.21. The third kappa shape index (κ3) is 6.48. The highest BCUT2D eigenvalue weighted by molar-refractivity contribution is 7.89. The van der Waals surface area contributed by atoms with Crippen molar-refractivity contribution in [2.45, 2.75) is 0 Å². The number of halogens is 2. The molecule has 0 aliphatic rings. The summed E-state index contributed by atoms with van der Waals surface area (Å²) in [5.41, 5.74) is 0. The summed E-state index contributed by atoms with van der Waals surface area (Å²) in [5, 5.41) is 4.75. The maximum absolute atomic E-state index is 12.8. The van der Waals surface area contributed by atoms with Gasteiger partial charge >= 0.3 is 0 Å². The van der Waals surface area contributed by atoms with E-state index in [1.807, 2.05) is 0 Å². The Labute approximate surface area is 104 Å². The molecule has 0 aromatic heterocycles. The molecule has 0 heterocycles. The fourth-order valence-electron chi connectivity index (χ4n) is 1.11. The van der Waals surface area contributed by atoms with E-state index in [1.54, 1.807) is 0 Å². The summed E-state index contributed by atoms with van der Waals surface area (Å²) < 4.78 is 56.5. The van der Waals surface area contributed by atoms with Crippen molar-refractivity contribution in [1.29, 1.82) is 0 Å². The molecule has 0 spiro atoms. The van der Waals surface area contributed by atoms with E-state index in [-0.39, 0.29) is 31.3 Å². The predicted octanol–water partition coefficient (Wildman–Crippen LogP) is 0.649. The van der Waals surface area contributed by atoms with E-state index in [9.17, 15) is 17.2 Å². The Kier molecular flexibility index (Phi) is 5.45. The lowest BCUT2D eigenvalue weighted by atomic mass is 10.3. The van der Waals surface area contributed by atoms with Crippen LogP contribution in [0.5, 0.6) is 5.75 Å². The van der Waals surface area contributed by atoms with Crippen LogP contribution in [0.25, 0.3) is 0 Å². The molecule has 102 valence electrons. The largest absolute Gasteiger partial charge is 0.491 e. The number of sulfonamides is 1. The Hall–Kier alpha value is -1.25. The smallest absolute Gasteiger partial charge is 0.211 e. The molecule has 1 aromatic carbocycles. The first-order valence-electron chi connectivity index (χ1n) is 5.04. The van der Waals surface area contributed by atoms with Gasteiger partial charge in [-0.25, -0.2) is 22.3 Å². The summed E-state index contributed by atoms with van der Waals surface area (Å²) in [6, 6.07) is 2.80. The molecule has 0 saturated heterocycles. The third-order valence-electron chi connectivity index (χ3n) is 1.84. The Morgan fingerprint density at radius 1 is 1.06 bits per heavy atom. The summed E-state index contributed by atoms with van der Waals surface area (Å²) in [6.07, 6.45) is 0. The molecule has 0 atom stereocenters. The first kappa shape index (κ1) is 14.8. The van der Waals surface area contributed by atoms with E-state index in [4.69, 9.17) is 14.6 Å². The summed E-state index contributed by atoms with van der Waals surface area (Å²) in [6.45, 7) is 0.0842. The second kappa shape index (κ2) is 6.62. The van der Waals surface area contributed by atoms with Crippen LogP contribution in [0.3, 0.4) is 0 Å². The Balaban J connectivity index is 2.22. The normalized spacial score (nSPS) is 11.5. The molecule has 0 aliphatic heterocycles. The molecule has 0 amide bonds. The van der Waals surface area contributed by atoms with Crippen LogP contribution in [0, 0.1) is 11.6 Å². The molecule has 0 bridgehead atoms. The molecular formula is C10H13F2NO4S. The minimum atomic E-state index is -3.54. The van der Waals surface area contributed by atoms with Gasteiger partial charge in [-0.15, -0.1) is 0 Å². The average molecular weight is 281 g/mol. The fourth-order valence-corrected chi connectivity index (χ4v) is 1.46. The minimum Gasteiger partial charge on any atom is -0.491 e. The minimum absolute atomic E-state index is 0.0440. The zero-order chi connectivity index (χ0) is 13.6. The van der Waals surface area contributed by atoms with Gasteiger partial charge in [-0.05, 0) is 0 Å². The van der Waals surface area contributed by atoms with Gasteiger partial charge in [-0.3, -0.25) is 0 Å².